The van der Waals surface area contributed by atoms with Crippen molar-refractivity contribution in [1.29, 1.82) is 0 Å². The van der Waals surface area contributed by atoms with E-state index >= 15 is 0 Å². The number of hydrogen-bond acceptors (Lipinski definition) is 4. The Bertz CT molecular complexity index is 713. The van der Waals surface area contributed by atoms with Crippen LogP contribution in [-0.2, 0) is 19.6 Å². The van der Waals surface area contributed by atoms with Crippen molar-refractivity contribution < 1.29 is 18.0 Å². The molecule has 1 atom stereocenters. The molecular formula is C13H14Cl2N2O4S. The van der Waals surface area contributed by atoms with Gasteiger partial charge in [-0.3, -0.25) is 14.5 Å². The van der Waals surface area contributed by atoms with Crippen LogP contribution in [0, 0.1) is 0 Å². The Morgan fingerprint density at radius 3 is 2.23 bits per heavy atom. The van der Waals surface area contributed by atoms with Gasteiger partial charge in [0.1, 0.15) is 10.9 Å². The predicted molar refractivity (Wildman–Crippen MR) is 82.2 cm³/mol. The normalized spacial score (nSPS) is 19.3. The lowest BCUT2D eigenvalue weighted by molar-refractivity contribution is -0.140. The number of sulfonamides is 1. The van der Waals surface area contributed by atoms with Crippen molar-refractivity contribution in [2.24, 2.45) is 0 Å². The van der Waals surface area contributed by atoms with Crippen molar-refractivity contribution in [1.82, 2.24) is 9.62 Å². The number of imide groups is 1. The molecule has 2 rings (SSSR count). The van der Waals surface area contributed by atoms with Crippen molar-refractivity contribution in [3.05, 3.63) is 28.2 Å². The number of carbonyl (C=O) groups excluding carboxylic acids is 2. The van der Waals surface area contributed by atoms with Crippen LogP contribution in [0.5, 0.6) is 0 Å². The highest BCUT2D eigenvalue weighted by Gasteiger charge is 2.42. The van der Waals surface area contributed by atoms with Gasteiger partial charge in [-0.15, -0.1) is 0 Å². The van der Waals surface area contributed by atoms with Crippen LogP contribution in [0.15, 0.2) is 23.1 Å². The van der Waals surface area contributed by atoms with Gasteiger partial charge in [0.25, 0.3) is 0 Å². The first-order valence-corrected chi connectivity index (χ1v) is 8.71. The molecule has 9 heteroatoms. The Morgan fingerprint density at radius 2 is 1.77 bits per heavy atom. The molecule has 22 heavy (non-hydrogen) atoms. The minimum Gasteiger partial charge on any atom is -0.279 e. The third kappa shape index (κ3) is 3.12. The Morgan fingerprint density at radius 1 is 1.23 bits per heavy atom. The van der Waals surface area contributed by atoms with Crippen molar-refractivity contribution in [2.75, 3.05) is 0 Å². The smallest absolute Gasteiger partial charge is 0.248 e. The van der Waals surface area contributed by atoms with Gasteiger partial charge in [-0.05, 0) is 26.0 Å². The van der Waals surface area contributed by atoms with E-state index in [0.29, 0.717) is 0 Å². The lowest BCUT2D eigenvalue weighted by atomic mass is 10.3. The Kier molecular flexibility index (Phi) is 4.81. The quantitative estimate of drug-likeness (QED) is 0.825. The van der Waals surface area contributed by atoms with Crippen LogP contribution in [0.1, 0.15) is 20.3 Å². The molecule has 1 aliphatic heterocycles. The molecule has 1 aliphatic rings. The predicted octanol–water partition coefficient (Wildman–Crippen LogP) is 1.81. The van der Waals surface area contributed by atoms with Crippen LogP contribution in [0.4, 0.5) is 0 Å². The van der Waals surface area contributed by atoms with Gasteiger partial charge >= 0.3 is 0 Å². The first-order chi connectivity index (χ1) is 10.1. The van der Waals surface area contributed by atoms with Gasteiger partial charge in [-0.2, -0.15) is 4.72 Å². The molecular weight excluding hydrogens is 351 g/mol. The summed E-state index contributed by atoms with van der Waals surface area (Å²) in [5, 5.41) is -0.116. The lowest BCUT2D eigenvalue weighted by Gasteiger charge is -2.19. The average molecular weight is 365 g/mol. The molecule has 6 nitrogen and oxygen atoms in total. The van der Waals surface area contributed by atoms with Crippen molar-refractivity contribution in [3.63, 3.8) is 0 Å². The van der Waals surface area contributed by atoms with Crippen LogP contribution < -0.4 is 4.72 Å². The molecule has 1 fully saturated rings. The maximum Gasteiger partial charge on any atom is 0.248 e. The summed E-state index contributed by atoms with van der Waals surface area (Å²) in [5.41, 5.74) is 0. The maximum atomic E-state index is 12.4. The third-order valence-electron chi connectivity index (χ3n) is 3.18. The molecule has 0 unspecified atom stereocenters. The number of amides is 2. The van der Waals surface area contributed by atoms with Crippen molar-refractivity contribution >= 4 is 45.0 Å². The molecule has 1 aromatic rings. The maximum absolute atomic E-state index is 12.4. The van der Waals surface area contributed by atoms with Gasteiger partial charge in [-0.25, -0.2) is 8.42 Å². The summed E-state index contributed by atoms with van der Waals surface area (Å²) in [5.74, 6) is -0.996. The number of rotatable bonds is 4. The Balaban J connectivity index is 2.31. The van der Waals surface area contributed by atoms with E-state index in [1.54, 1.807) is 13.8 Å². The zero-order valence-electron chi connectivity index (χ0n) is 11.8. The first kappa shape index (κ1) is 17.2. The first-order valence-electron chi connectivity index (χ1n) is 6.47. The molecule has 0 radical (unpaired) electrons. The minimum atomic E-state index is -4.12. The fourth-order valence-electron chi connectivity index (χ4n) is 2.27. The van der Waals surface area contributed by atoms with Crippen molar-refractivity contribution in [3.8, 4) is 0 Å². The lowest BCUT2D eigenvalue weighted by Crippen LogP contribution is -2.43. The highest BCUT2D eigenvalue weighted by molar-refractivity contribution is 7.89. The molecule has 0 aromatic heterocycles. The van der Waals surface area contributed by atoms with E-state index in [1.807, 2.05) is 0 Å². The molecule has 0 aliphatic carbocycles. The fourth-order valence-corrected chi connectivity index (χ4v) is 4.60. The largest absolute Gasteiger partial charge is 0.279 e. The minimum absolute atomic E-state index is 0.0579. The van der Waals surface area contributed by atoms with E-state index in [9.17, 15) is 18.0 Å². The van der Waals surface area contributed by atoms with Gasteiger partial charge in [-0.1, -0.05) is 29.3 Å². The van der Waals surface area contributed by atoms with Crippen LogP contribution in [0.25, 0.3) is 0 Å². The second kappa shape index (κ2) is 6.16. The van der Waals surface area contributed by atoms with Gasteiger partial charge in [0.05, 0.1) is 16.5 Å². The van der Waals surface area contributed by atoms with E-state index in [1.165, 1.54) is 18.2 Å². The van der Waals surface area contributed by atoms with E-state index in [4.69, 9.17) is 23.2 Å². The van der Waals surface area contributed by atoms with E-state index in [2.05, 4.69) is 4.72 Å². The molecule has 2 amide bonds. The molecule has 0 bridgehead atoms. The second-order valence-corrected chi connectivity index (χ2v) is 7.59. The molecule has 120 valence electrons. The van der Waals surface area contributed by atoms with Gasteiger partial charge in [0, 0.05) is 6.04 Å². The molecule has 1 aromatic carbocycles. The summed E-state index contributed by atoms with van der Waals surface area (Å²) < 4.78 is 27.0. The van der Waals surface area contributed by atoms with E-state index in [-0.39, 0.29) is 27.4 Å². The monoisotopic (exact) mass is 364 g/mol. The number of likely N-dealkylation sites (tertiary alicyclic amines) is 1. The summed E-state index contributed by atoms with van der Waals surface area (Å²) in [7, 11) is -4.12. The second-order valence-electron chi connectivity index (χ2n) is 5.12. The zero-order chi connectivity index (χ0) is 16.7. The fraction of sp³-hybridized carbons (Fsp3) is 0.385. The number of benzene rings is 1. The summed E-state index contributed by atoms with van der Waals surface area (Å²) in [4.78, 5) is 24.7. The Hall–Kier alpha value is -1.15. The topological polar surface area (TPSA) is 83.6 Å². The molecule has 0 saturated carbocycles. The van der Waals surface area contributed by atoms with Gasteiger partial charge in [0.15, 0.2) is 0 Å². The van der Waals surface area contributed by atoms with Crippen LogP contribution >= 0.6 is 23.2 Å². The van der Waals surface area contributed by atoms with Crippen LogP contribution in [-0.4, -0.2) is 37.2 Å². The third-order valence-corrected chi connectivity index (χ3v) is 5.61. The van der Waals surface area contributed by atoms with Crippen LogP contribution in [0.2, 0.25) is 10.0 Å². The molecule has 1 saturated heterocycles. The summed E-state index contributed by atoms with van der Waals surface area (Å²) in [6.07, 6.45) is -0.224. The van der Waals surface area contributed by atoms with Crippen molar-refractivity contribution in [2.45, 2.75) is 37.2 Å². The highest BCUT2D eigenvalue weighted by Crippen LogP contribution is 2.29. The van der Waals surface area contributed by atoms with E-state index in [0.717, 1.165) is 4.90 Å². The summed E-state index contributed by atoms with van der Waals surface area (Å²) >= 11 is 11.8. The van der Waals surface area contributed by atoms with Gasteiger partial charge in [0.2, 0.25) is 21.8 Å². The SMILES string of the molecule is CC(C)N1C(=O)C[C@H](NS(=O)(=O)c2c(Cl)cccc2Cl)C1=O. The Labute approximate surface area is 138 Å². The van der Waals surface area contributed by atoms with Gasteiger partial charge < -0.3 is 0 Å². The highest BCUT2D eigenvalue weighted by atomic mass is 35.5. The number of carbonyl (C=O) groups is 2. The number of halogens is 2. The summed E-state index contributed by atoms with van der Waals surface area (Å²) in [6.45, 7) is 3.36. The summed E-state index contributed by atoms with van der Waals surface area (Å²) in [6, 6.07) is 2.79. The van der Waals surface area contributed by atoms with Crippen LogP contribution in [0.3, 0.4) is 0 Å². The standard InChI is InChI=1S/C13H14Cl2N2O4S/c1-7(2)17-11(18)6-10(13(17)19)16-22(20,21)12-8(14)4-3-5-9(12)15/h3-5,7,10,16H,6H2,1-2H3/t10-/m0/s1. The van der Waals surface area contributed by atoms with E-state index < -0.39 is 27.9 Å². The zero-order valence-corrected chi connectivity index (χ0v) is 14.2. The molecule has 0 spiro atoms. The number of hydrogen-bond donors (Lipinski definition) is 1. The number of nitrogens with one attached hydrogen (secondary N) is 1. The molecule has 1 heterocycles. The number of nitrogens with zero attached hydrogens (tertiary/aromatic N) is 1. The average Bonchev–Trinajstić information content (AvgIpc) is 2.62. The molecule has 1 N–H and O–H groups in total.